The van der Waals surface area contributed by atoms with Gasteiger partial charge in [0.25, 0.3) is 0 Å². The molecule has 1 heterocycles. The second-order valence-corrected chi connectivity index (χ2v) is 7.80. The van der Waals surface area contributed by atoms with E-state index in [4.69, 9.17) is 16.0 Å². The van der Waals surface area contributed by atoms with E-state index in [2.05, 4.69) is 9.71 Å². The quantitative estimate of drug-likeness (QED) is 0.708. The molecule has 0 saturated carbocycles. The zero-order valence-electron chi connectivity index (χ0n) is 13.8. The molecule has 0 aliphatic rings. The molecule has 0 unspecified atom stereocenters. The van der Waals surface area contributed by atoms with E-state index in [9.17, 15) is 8.42 Å². The summed E-state index contributed by atoms with van der Waals surface area (Å²) in [4.78, 5) is 4.33. The van der Waals surface area contributed by atoms with Crippen molar-refractivity contribution < 1.29 is 12.8 Å². The van der Waals surface area contributed by atoms with Crippen molar-refractivity contribution in [2.24, 2.45) is 0 Å². The monoisotopic (exact) mass is 376 g/mol. The Kier molecular flexibility index (Phi) is 4.83. The number of anilines is 1. The van der Waals surface area contributed by atoms with Gasteiger partial charge in [0.2, 0.25) is 10.0 Å². The zero-order chi connectivity index (χ0) is 18.0. The minimum Gasteiger partial charge on any atom is -0.446 e. The number of nitrogens with one attached hydrogen (secondary N) is 1. The van der Waals surface area contributed by atoms with Crippen molar-refractivity contribution in [3.8, 4) is 11.3 Å². The van der Waals surface area contributed by atoms with E-state index < -0.39 is 10.0 Å². The molecule has 0 aliphatic heterocycles. The average molecular weight is 377 g/mol. The molecule has 0 fully saturated rings. The first-order valence-electron chi connectivity index (χ1n) is 7.62. The largest absolute Gasteiger partial charge is 0.446 e. The predicted molar refractivity (Wildman–Crippen MR) is 99.1 cm³/mol. The maximum absolute atomic E-state index is 12.3. The van der Waals surface area contributed by atoms with Crippen molar-refractivity contribution in [2.75, 3.05) is 4.72 Å². The lowest BCUT2D eigenvalue weighted by molar-refractivity contribution is 0.495. The highest BCUT2D eigenvalue weighted by atomic mass is 35.5. The summed E-state index contributed by atoms with van der Waals surface area (Å²) in [6, 6.07) is 13.9. The second kappa shape index (κ2) is 6.90. The Morgan fingerprint density at radius 2 is 1.76 bits per heavy atom. The summed E-state index contributed by atoms with van der Waals surface area (Å²) in [5.41, 5.74) is 2.65. The van der Waals surface area contributed by atoms with Crippen LogP contribution in [0, 0.1) is 13.8 Å². The fourth-order valence-corrected chi connectivity index (χ4v) is 4.04. The fourth-order valence-electron chi connectivity index (χ4n) is 2.53. The first-order chi connectivity index (χ1) is 11.8. The van der Waals surface area contributed by atoms with Gasteiger partial charge in [0.15, 0.2) is 5.89 Å². The van der Waals surface area contributed by atoms with Gasteiger partial charge in [-0.2, -0.15) is 0 Å². The Labute approximate surface area is 151 Å². The average Bonchev–Trinajstić information content (AvgIpc) is 2.88. The maximum atomic E-state index is 12.3. The van der Waals surface area contributed by atoms with E-state index in [0.717, 1.165) is 17.0 Å². The van der Waals surface area contributed by atoms with Crippen LogP contribution in [0.2, 0.25) is 5.02 Å². The molecule has 5 nitrogen and oxygen atoms in total. The van der Waals surface area contributed by atoms with Crippen molar-refractivity contribution in [1.82, 2.24) is 4.98 Å². The predicted octanol–water partition coefficient (Wildman–Crippen LogP) is 4.55. The minimum atomic E-state index is -3.56. The standard InChI is InChI=1S/C18H17ClN2O3S/c1-12-18(20-13(2)24-12)14-7-9-16(10-8-14)21-25(22,23)11-15-5-3-4-6-17(15)19/h3-10,21H,11H2,1-2H3. The summed E-state index contributed by atoms with van der Waals surface area (Å²) in [5.74, 6) is 1.14. The number of nitrogens with zero attached hydrogens (tertiary/aromatic N) is 1. The Morgan fingerprint density at radius 1 is 1.08 bits per heavy atom. The molecule has 0 amide bonds. The molecule has 0 radical (unpaired) electrons. The Balaban J connectivity index is 1.77. The van der Waals surface area contributed by atoms with Crippen LogP contribution in [0.5, 0.6) is 0 Å². The summed E-state index contributed by atoms with van der Waals surface area (Å²) in [7, 11) is -3.56. The van der Waals surface area contributed by atoms with Crippen molar-refractivity contribution in [3.63, 3.8) is 0 Å². The lowest BCUT2D eigenvalue weighted by atomic mass is 10.1. The van der Waals surface area contributed by atoms with Crippen LogP contribution >= 0.6 is 11.6 Å². The van der Waals surface area contributed by atoms with E-state index in [1.54, 1.807) is 55.5 Å². The number of hydrogen-bond donors (Lipinski definition) is 1. The third kappa shape index (κ3) is 4.21. The number of halogens is 1. The van der Waals surface area contributed by atoms with Crippen molar-refractivity contribution in [1.29, 1.82) is 0 Å². The van der Waals surface area contributed by atoms with Crippen LogP contribution in [-0.4, -0.2) is 13.4 Å². The van der Waals surface area contributed by atoms with Crippen LogP contribution in [0.3, 0.4) is 0 Å². The third-order valence-electron chi connectivity index (χ3n) is 3.64. The number of aryl methyl sites for hydroxylation is 2. The van der Waals surface area contributed by atoms with E-state index in [0.29, 0.717) is 22.2 Å². The summed E-state index contributed by atoms with van der Waals surface area (Å²) in [6.45, 7) is 3.63. The van der Waals surface area contributed by atoms with Crippen LogP contribution in [0.15, 0.2) is 52.9 Å². The number of aromatic nitrogens is 1. The van der Waals surface area contributed by atoms with Crippen LogP contribution in [0.4, 0.5) is 5.69 Å². The highest BCUT2D eigenvalue weighted by molar-refractivity contribution is 7.91. The molecule has 130 valence electrons. The maximum Gasteiger partial charge on any atom is 0.236 e. The first-order valence-corrected chi connectivity index (χ1v) is 9.65. The summed E-state index contributed by atoms with van der Waals surface area (Å²) >= 11 is 6.03. The van der Waals surface area contributed by atoms with Gasteiger partial charge >= 0.3 is 0 Å². The van der Waals surface area contributed by atoms with Gasteiger partial charge in [-0.05, 0) is 30.7 Å². The molecule has 0 saturated heterocycles. The Morgan fingerprint density at radius 3 is 2.36 bits per heavy atom. The molecule has 2 aromatic carbocycles. The van der Waals surface area contributed by atoms with E-state index in [-0.39, 0.29) is 5.75 Å². The SMILES string of the molecule is Cc1nc(-c2ccc(NS(=O)(=O)Cc3ccccc3Cl)cc2)c(C)o1. The van der Waals surface area contributed by atoms with E-state index >= 15 is 0 Å². The van der Waals surface area contributed by atoms with Crippen LogP contribution in [0.1, 0.15) is 17.2 Å². The molecule has 25 heavy (non-hydrogen) atoms. The molecular weight excluding hydrogens is 360 g/mol. The molecule has 3 aromatic rings. The summed E-state index contributed by atoms with van der Waals surface area (Å²) in [6.07, 6.45) is 0. The second-order valence-electron chi connectivity index (χ2n) is 5.67. The highest BCUT2D eigenvalue weighted by Gasteiger charge is 2.14. The van der Waals surface area contributed by atoms with Gasteiger partial charge < -0.3 is 4.42 Å². The van der Waals surface area contributed by atoms with Crippen molar-refractivity contribution in [3.05, 3.63) is 70.8 Å². The number of hydrogen-bond acceptors (Lipinski definition) is 4. The minimum absolute atomic E-state index is 0.185. The molecule has 0 aliphatic carbocycles. The van der Waals surface area contributed by atoms with Crippen LogP contribution in [-0.2, 0) is 15.8 Å². The molecule has 3 rings (SSSR count). The highest BCUT2D eigenvalue weighted by Crippen LogP contribution is 2.25. The van der Waals surface area contributed by atoms with E-state index in [1.165, 1.54) is 0 Å². The molecule has 1 aromatic heterocycles. The molecule has 7 heteroatoms. The smallest absolute Gasteiger partial charge is 0.236 e. The summed E-state index contributed by atoms with van der Waals surface area (Å²) < 4.78 is 32.7. The van der Waals surface area contributed by atoms with Crippen molar-refractivity contribution >= 4 is 27.3 Å². The van der Waals surface area contributed by atoms with Gasteiger partial charge in [-0.25, -0.2) is 13.4 Å². The Hall–Kier alpha value is -2.31. The lowest BCUT2D eigenvalue weighted by Crippen LogP contribution is -2.15. The third-order valence-corrected chi connectivity index (χ3v) is 5.25. The molecule has 1 N–H and O–H groups in total. The van der Waals surface area contributed by atoms with Gasteiger partial charge in [0.1, 0.15) is 11.5 Å². The molecule has 0 atom stereocenters. The van der Waals surface area contributed by atoms with Gasteiger partial charge in [0, 0.05) is 23.2 Å². The van der Waals surface area contributed by atoms with Gasteiger partial charge in [-0.3, -0.25) is 4.72 Å². The Bertz CT molecular complexity index is 995. The first kappa shape index (κ1) is 17.5. The summed E-state index contributed by atoms with van der Waals surface area (Å²) in [5, 5.41) is 0.431. The topological polar surface area (TPSA) is 72.2 Å². The zero-order valence-corrected chi connectivity index (χ0v) is 15.4. The van der Waals surface area contributed by atoms with Crippen LogP contribution < -0.4 is 4.72 Å². The van der Waals surface area contributed by atoms with Gasteiger partial charge in [-0.1, -0.05) is 41.9 Å². The van der Waals surface area contributed by atoms with Crippen LogP contribution in [0.25, 0.3) is 11.3 Å². The molecule has 0 bridgehead atoms. The van der Waals surface area contributed by atoms with Crippen molar-refractivity contribution in [2.45, 2.75) is 19.6 Å². The fraction of sp³-hybridized carbons (Fsp3) is 0.167. The molecular formula is C18H17ClN2O3S. The number of sulfonamides is 1. The number of benzene rings is 2. The van der Waals surface area contributed by atoms with Gasteiger partial charge in [0.05, 0.1) is 5.75 Å². The van der Waals surface area contributed by atoms with Gasteiger partial charge in [-0.15, -0.1) is 0 Å². The number of oxazole rings is 1. The molecule has 0 spiro atoms. The lowest BCUT2D eigenvalue weighted by Gasteiger charge is -2.09. The van der Waals surface area contributed by atoms with E-state index in [1.807, 2.05) is 6.92 Å². The number of rotatable bonds is 5. The normalized spacial score (nSPS) is 11.5.